The third kappa shape index (κ3) is 3.49. The molecule has 1 fully saturated rings. The van der Waals surface area contributed by atoms with E-state index in [4.69, 9.17) is 10.5 Å². The molecule has 3 heterocycles. The standard InChI is InChI=1S/C13H16N4O3.2ClH/c14-5-8-1-2-11(20-8)13(19)17-7-12(18)16-9-6-15-4-3-10(9)17;;/h3-4,6,8,11H,1-2,5,7,14H2,(H,16,18);2*1H/t8-,11+;;/m1../s1. The number of nitrogens with zero attached hydrogens (tertiary/aromatic N) is 2. The van der Waals surface area contributed by atoms with Gasteiger partial charge in [-0.25, -0.2) is 0 Å². The second kappa shape index (κ2) is 7.73. The molecule has 1 aromatic rings. The molecule has 2 aliphatic heterocycles. The molecule has 0 bridgehead atoms. The molecule has 3 N–H and O–H groups in total. The first-order chi connectivity index (χ1) is 9.69. The molecule has 0 radical (unpaired) electrons. The van der Waals surface area contributed by atoms with Gasteiger partial charge in [-0.2, -0.15) is 0 Å². The highest BCUT2D eigenvalue weighted by Crippen LogP contribution is 2.30. The van der Waals surface area contributed by atoms with Crippen LogP contribution in [0.3, 0.4) is 0 Å². The maximum atomic E-state index is 12.5. The Labute approximate surface area is 140 Å². The second-order valence-corrected chi connectivity index (χ2v) is 4.93. The van der Waals surface area contributed by atoms with Gasteiger partial charge in [0.15, 0.2) is 0 Å². The van der Waals surface area contributed by atoms with Crippen LogP contribution in [-0.4, -0.2) is 42.1 Å². The zero-order valence-electron chi connectivity index (χ0n) is 11.7. The van der Waals surface area contributed by atoms with Crippen molar-refractivity contribution < 1.29 is 14.3 Å². The van der Waals surface area contributed by atoms with E-state index in [9.17, 15) is 9.59 Å². The number of ether oxygens (including phenoxy) is 1. The number of hydrogen-bond acceptors (Lipinski definition) is 5. The lowest BCUT2D eigenvalue weighted by Gasteiger charge is -2.30. The fraction of sp³-hybridized carbons (Fsp3) is 0.462. The lowest BCUT2D eigenvalue weighted by atomic mass is 10.1. The Morgan fingerprint density at radius 2 is 2.23 bits per heavy atom. The van der Waals surface area contributed by atoms with Crippen LogP contribution in [0.2, 0.25) is 0 Å². The number of nitrogens with two attached hydrogens (primary N) is 1. The van der Waals surface area contributed by atoms with Gasteiger partial charge < -0.3 is 15.8 Å². The van der Waals surface area contributed by atoms with Gasteiger partial charge in [-0.05, 0) is 18.9 Å². The van der Waals surface area contributed by atoms with Gasteiger partial charge in [-0.15, -0.1) is 24.8 Å². The summed E-state index contributed by atoms with van der Waals surface area (Å²) in [6.07, 6.45) is 3.95. The van der Waals surface area contributed by atoms with Gasteiger partial charge in [0.25, 0.3) is 5.91 Å². The predicted molar refractivity (Wildman–Crippen MR) is 86.7 cm³/mol. The molecule has 3 rings (SSSR count). The number of aromatic nitrogens is 1. The number of amides is 2. The second-order valence-electron chi connectivity index (χ2n) is 4.93. The van der Waals surface area contributed by atoms with Gasteiger partial charge in [0, 0.05) is 12.7 Å². The van der Waals surface area contributed by atoms with Crippen molar-refractivity contribution in [3.8, 4) is 0 Å². The van der Waals surface area contributed by atoms with Crippen LogP contribution in [0.25, 0.3) is 0 Å². The number of carbonyl (C=O) groups is 2. The van der Waals surface area contributed by atoms with Crippen LogP contribution in [0.1, 0.15) is 12.8 Å². The Hall–Kier alpha value is -1.41. The van der Waals surface area contributed by atoms with Gasteiger partial charge in [-0.3, -0.25) is 19.5 Å². The molecule has 0 aromatic carbocycles. The Bertz CT molecular complexity index is 558. The number of nitrogens with one attached hydrogen (secondary N) is 1. The number of rotatable bonds is 2. The van der Waals surface area contributed by atoms with E-state index in [1.54, 1.807) is 12.3 Å². The van der Waals surface area contributed by atoms with Crippen LogP contribution in [-0.2, 0) is 14.3 Å². The summed E-state index contributed by atoms with van der Waals surface area (Å²) in [5, 5.41) is 2.70. The highest BCUT2D eigenvalue weighted by Gasteiger charge is 2.36. The fourth-order valence-electron chi connectivity index (χ4n) is 2.57. The van der Waals surface area contributed by atoms with E-state index in [0.717, 1.165) is 6.42 Å². The van der Waals surface area contributed by atoms with E-state index in [2.05, 4.69) is 10.3 Å². The quantitative estimate of drug-likeness (QED) is 0.820. The largest absolute Gasteiger partial charge is 0.364 e. The number of pyridine rings is 1. The normalized spacial score (nSPS) is 23.0. The first kappa shape index (κ1) is 18.6. The van der Waals surface area contributed by atoms with Crippen molar-refractivity contribution in [2.75, 3.05) is 23.3 Å². The summed E-state index contributed by atoms with van der Waals surface area (Å²) < 4.78 is 5.61. The summed E-state index contributed by atoms with van der Waals surface area (Å²) in [7, 11) is 0. The number of fused-ring (bicyclic) bond motifs is 1. The van der Waals surface area contributed by atoms with Crippen molar-refractivity contribution in [1.82, 2.24) is 4.98 Å². The van der Waals surface area contributed by atoms with E-state index in [1.807, 2.05) is 0 Å². The van der Waals surface area contributed by atoms with Crippen molar-refractivity contribution >= 4 is 48.0 Å². The van der Waals surface area contributed by atoms with Crippen molar-refractivity contribution in [1.29, 1.82) is 0 Å². The third-order valence-corrected chi connectivity index (χ3v) is 3.58. The average Bonchev–Trinajstić information content (AvgIpc) is 2.94. The maximum Gasteiger partial charge on any atom is 0.256 e. The van der Waals surface area contributed by atoms with Gasteiger partial charge in [0.1, 0.15) is 12.6 Å². The summed E-state index contributed by atoms with van der Waals surface area (Å²) in [5.41, 5.74) is 6.75. The van der Waals surface area contributed by atoms with Gasteiger partial charge in [0.05, 0.1) is 23.7 Å². The topological polar surface area (TPSA) is 97.6 Å². The Morgan fingerprint density at radius 1 is 1.45 bits per heavy atom. The molecular formula is C13H18Cl2N4O3. The molecule has 2 atom stereocenters. The minimum atomic E-state index is -0.518. The number of anilines is 2. The molecule has 22 heavy (non-hydrogen) atoms. The molecule has 9 heteroatoms. The van der Waals surface area contributed by atoms with Crippen molar-refractivity contribution in [3.63, 3.8) is 0 Å². The van der Waals surface area contributed by atoms with Crippen molar-refractivity contribution in [3.05, 3.63) is 18.5 Å². The molecule has 122 valence electrons. The van der Waals surface area contributed by atoms with Gasteiger partial charge >= 0.3 is 0 Å². The number of halogens is 2. The van der Waals surface area contributed by atoms with Crippen LogP contribution in [0.4, 0.5) is 11.4 Å². The predicted octanol–water partition coefficient (Wildman–Crippen LogP) is 0.717. The van der Waals surface area contributed by atoms with Crippen molar-refractivity contribution in [2.24, 2.45) is 5.73 Å². The van der Waals surface area contributed by atoms with E-state index < -0.39 is 6.10 Å². The van der Waals surface area contributed by atoms with E-state index in [0.29, 0.717) is 24.3 Å². The molecule has 1 aromatic heterocycles. The lowest BCUT2D eigenvalue weighted by Crippen LogP contribution is -2.46. The molecular weight excluding hydrogens is 331 g/mol. The SMILES string of the molecule is Cl.Cl.NC[C@H]1CC[C@@H](C(=O)N2CC(=O)Nc3cnccc32)O1. The lowest BCUT2D eigenvalue weighted by molar-refractivity contribution is -0.130. The Morgan fingerprint density at radius 3 is 2.91 bits per heavy atom. The van der Waals surface area contributed by atoms with Gasteiger partial charge in [-0.1, -0.05) is 0 Å². The summed E-state index contributed by atoms with van der Waals surface area (Å²) in [6.45, 7) is 0.410. The van der Waals surface area contributed by atoms with Gasteiger partial charge in [0.2, 0.25) is 5.91 Å². The monoisotopic (exact) mass is 348 g/mol. The van der Waals surface area contributed by atoms with Crippen LogP contribution < -0.4 is 16.0 Å². The van der Waals surface area contributed by atoms with Crippen LogP contribution in [0.15, 0.2) is 18.5 Å². The first-order valence-corrected chi connectivity index (χ1v) is 6.60. The minimum Gasteiger partial charge on any atom is -0.364 e. The average molecular weight is 349 g/mol. The molecule has 2 aliphatic rings. The zero-order valence-corrected chi connectivity index (χ0v) is 13.4. The molecule has 0 spiro atoms. The zero-order chi connectivity index (χ0) is 14.1. The highest BCUT2D eigenvalue weighted by molar-refractivity contribution is 6.10. The van der Waals surface area contributed by atoms with Crippen LogP contribution in [0, 0.1) is 0 Å². The van der Waals surface area contributed by atoms with E-state index >= 15 is 0 Å². The number of carbonyl (C=O) groups excluding carboxylic acids is 2. The fourth-order valence-corrected chi connectivity index (χ4v) is 2.57. The smallest absolute Gasteiger partial charge is 0.256 e. The molecule has 2 amide bonds. The summed E-state index contributed by atoms with van der Waals surface area (Å²) in [5.74, 6) is -0.421. The van der Waals surface area contributed by atoms with Crippen LogP contribution >= 0.6 is 24.8 Å². The Kier molecular flexibility index (Phi) is 6.55. The summed E-state index contributed by atoms with van der Waals surface area (Å²) in [4.78, 5) is 29.6. The first-order valence-electron chi connectivity index (χ1n) is 6.60. The summed E-state index contributed by atoms with van der Waals surface area (Å²) >= 11 is 0. The minimum absolute atomic E-state index is 0. The molecule has 0 aliphatic carbocycles. The van der Waals surface area contributed by atoms with E-state index in [-0.39, 0.29) is 49.3 Å². The third-order valence-electron chi connectivity index (χ3n) is 3.58. The van der Waals surface area contributed by atoms with E-state index in [1.165, 1.54) is 11.1 Å². The molecule has 7 nitrogen and oxygen atoms in total. The number of hydrogen-bond donors (Lipinski definition) is 2. The van der Waals surface area contributed by atoms with Crippen LogP contribution in [0.5, 0.6) is 0 Å². The maximum absolute atomic E-state index is 12.5. The highest BCUT2D eigenvalue weighted by atomic mass is 35.5. The molecule has 0 unspecified atom stereocenters. The molecule has 0 saturated carbocycles. The molecule has 1 saturated heterocycles. The Balaban J connectivity index is 0.00000121. The summed E-state index contributed by atoms with van der Waals surface area (Å²) in [6, 6.07) is 1.71. The van der Waals surface area contributed by atoms with Crippen molar-refractivity contribution in [2.45, 2.75) is 25.0 Å².